The van der Waals surface area contributed by atoms with E-state index in [4.69, 9.17) is 21.7 Å². The van der Waals surface area contributed by atoms with E-state index < -0.39 is 0 Å². The summed E-state index contributed by atoms with van der Waals surface area (Å²) in [5.74, 6) is 0.867. The zero-order valence-electron chi connectivity index (χ0n) is 9.87. The van der Waals surface area contributed by atoms with Gasteiger partial charge in [0.1, 0.15) is 11.4 Å². The fraction of sp³-hybridized carbons (Fsp3) is 0.462. The zero-order valence-corrected chi connectivity index (χ0v) is 12.3. The third kappa shape index (κ3) is 2.39. The third-order valence-electron chi connectivity index (χ3n) is 3.43. The molecule has 18 heavy (non-hydrogen) atoms. The number of hydrogen-bond donors (Lipinski definition) is 1. The van der Waals surface area contributed by atoms with Crippen molar-refractivity contribution < 1.29 is 9.47 Å². The Balaban J connectivity index is 1.98. The van der Waals surface area contributed by atoms with Crippen LogP contribution >= 0.6 is 28.1 Å². The number of anilines is 1. The Morgan fingerprint density at radius 2 is 2.06 bits per heavy atom. The lowest BCUT2D eigenvalue weighted by Crippen LogP contribution is -2.43. The largest absolute Gasteiger partial charge is 0.484 e. The molecule has 0 bridgehead atoms. The average Bonchev–Trinajstić information content (AvgIpc) is 2.45. The van der Waals surface area contributed by atoms with Crippen molar-refractivity contribution >= 4 is 38.8 Å². The van der Waals surface area contributed by atoms with Crippen LogP contribution in [0, 0.1) is 0 Å². The highest BCUT2D eigenvalue weighted by molar-refractivity contribution is 9.10. The van der Waals surface area contributed by atoms with Crippen molar-refractivity contribution in [2.75, 3.05) is 18.5 Å². The first kappa shape index (κ1) is 12.4. The Hall–Kier alpha value is -0.650. The summed E-state index contributed by atoms with van der Waals surface area (Å²) in [4.78, 5) is 0.845. The number of hydrogen-bond acceptors (Lipinski definition) is 3. The molecule has 96 valence electrons. The predicted molar refractivity (Wildman–Crippen MR) is 78.4 cm³/mol. The fourth-order valence-corrected chi connectivity index (χ4v) is 3.18. The lowest BCUT2D eigenvalue weighted by atomic mass is 9.90. The zero-order chi connectivity index (χ0) is 12.6. The van der Waals surface area contributed by atoms with E-state index in [2.05, 4.69) is 21.2 Å². The molecule has 0 saturated carbocycles. The Morgan fingerprint density at radius 3 is 2.83 bits per heavy atom. The van der Waals surface area contributed by atoms with E-state index in [0.717, 1.165) is 53.4 Å². The Morgan fingerprint density at radius 1 is 1.28 bits per heavy atom. The van der Waals surface area contributed by atoms with Crippen LogP contribution in [0.5, 0.6) is 5.75 Å². The van der Waals surface area contributed by atoms with E-state index >= 15 is 0 Å². The molecule has 0 aliphatic carbocycles. The molecular weight excluding hydrogens is 314 g/mol. The van der Waals surface area contributed by atoms with Crippen molar-refractivity contribution in [2.24, 2.45) is 0 Å². The molecule has 5 heteroatoms. The molecule has 2 heterocycles. The van der Waals surface area contributed by atoms with E-state index in [1.807, 2.05) is 18.2 Å². The second-order valence-corrected chi connectivity index (χ2v) is 6.17. The van der Waals surface area contributed by atoms with Crippen LogP contribution in [-0.4, -0.2) is 23.8 Å². The monoisotopic (exact) mass is 327 g/mol. The molecule has 1 aromatic carbocycles. The molecule has 0 atom stereocenters. The number of nitrogens with one attached hydrogen (secondary N) is 1. The minimum atomic E-state index is -0.200. The van der Waals surface area contributed by atoms with E-state index in [1.165, 1.54) is 0 Å². The van der Waals surface area contributed by atoms with Crippen molar-refractivity contribution in [3.8, 4) is 5.75 Å². The summed E-state index contributed by atoms with van der Waals surface area (Å²) in [5.41, 5.74) is 0.751. The maximum Gasteiger partial charge on any atom is 0.144 e. The maximum absolute atomic E-state index is 6.28. The van der Waals surface area contributed by atoms with Crippen LogP contribution in [-0.2, 0) is 4.74 Å². The summed E-state index contributed by atoms with van der Waals surface area (Å²) in [6, 6.07) is 5.97. The normalized spacial score (nSPS) is 21.7. The average molecular weight is 328 g/mol. The number of ether oxygens (including phenoxy) is 2. The van der Waals surface area contributed by atoms with Crippen LogP contribution in [0.15, 0.2) is 22.7 Å². The van der Waals surface area contributed by atoms with Crippen LogP contribution in [0.25, 0.3) is 0 Å². The Kier molecular flexibility index (Phi) is 3.30. The summed E-state index contributed by atoms with van der Waals surface area (Å²) in [6.07, 6.45) is 2.54. The van der Waals surface area contributed by atoms with Gasteiger partial charge < -0.3 is 14.8 Å². The van der Waals surface area contributed by atoms with Gasteiger partial charge in [-0.15, -0.1) is 0 Å². The summed E-state index contributed by atoms with van der Waals surface area (Å²) < 4.78 is 12.7. The first-order valence-electron chi connectivity index (χ1n) is 6.03. The Bertz CT molecular complexity index is 486. The van der Waals surface area contributed by atoms with Crippen LogP contribution in [0.2, 0.25) is 0 Å². The number of thiocarbonyl (C=S) groups is 1. The van der Waals surface area contributed by atoms with E-state index in [-0.39, 0.29) is 5.60 Å². The fourth-order valence-electron chi connectivity index (χ4n) is 2.46. The van der Waals surface area contributed by atoms with Crippen LogP contribution < -0.4 is 10.1 Å². The molecule has 1 fully saturated rings. The molecule has 0 unspecified atom stereocenters. The van der Waals surface area contributed by atoms with Gasteiger partial charge in [-0.3, -0.25) is 0 Å². The van der Waals surface area contributed by atoms with Gasteiger partial charge >= 0.3 is 0 Å². The highest BCUT2D eigenvalue weighted by Crippen LogP contribution is 2.39. The summed E-state index contributed by atoms with van der Waals surface area (Å²) >= 11 is 8.89. The third-order valence-corrected chi connectivity index (χ3v) is 4.17. The molecule has 3 rings (SSSR count). The number of halogens is 1. The van der Waals surface area contributed by atoms with Gasteiger partial charge in [-0.2, -0.15) is 0 Å². The van der Waals surface area contributed by atoms with Crippen molar-refractivity contribution in [1.29, 1.82) is 0 Å². The van der Waals surface area contributed by atoms with E-state index in [9.17, 15) is 0 Å². The van der Waals surface area contributed by atoms with Gasteiger partial charge in [0.2, 0.25) is 0 Å². The first-order chi connectivity index (χ1) is 8.67. The standard InChI is InChI=1S/C13H14BrNO2S/c14-9-1-2-10-11(7-9)17-13(8-12(18)15-10)3-5-16-6-4-13/h1-2,7H,3-6,8H2,(H,15,18). The quantitative estimate of drug-likeness (QED) is 0.738. The van der Waals surface area contributed by atoms with Crippen molar-refractivity contribution in [3.63, 3.8) is 0 Å². The van der Waals surface area contributed by atoms with E-state index in [1.54, 1.807) is 0 Å². The molecule has 2 aliphatic rings. The van der Waals surface area contributed by atoms with Gasteiger partial charge in [-0.25, -0.2) is 0 Å². The number of fused-ring (bicyclic) bond motifs is 1. The second kappa shape index (κ2) is 4.79. The molecule has 2 aliphatic heterocycles. The SMILES string of the molecule is S=C1CC2(CCOCC2)Oc2cc(Br)ccc2N1. The molecule has 3 nitrogen and oxygen atoms in total. The Labute approximate surface area is 120 Å². The lowest BCUT2D eigenvalue weighted by Gasteiger charge is -2.36. The van der Waals surface area contributed by atoms with Crippen LogP contribution in [0.3, 0.4) is 0 Å². The highest BCUT2D eigenvalue weighted by atomic mass is 79.9. The van der Waals surface area contributed by atoms with Gasteiger partial charge in [0.05, 0.1) is 23.9 Å². The number of rotatable bonds is 0. The van der Waals surface area contributed by atoms with Gasteiger partial charge in [-0.05, 0) is 18.2 Å². The highest BCUT2D eigenvalue weighted by Gasteiger charge is 2.38. The summed E-state index contributed by atoms with van der Waals surface area (Å²) in [6.45, 7) is 1.48. The summed E-state index contributed by atoms with van der Waals surface area (Å²) in [7, 11) is 0. The van der Waals surface area contributed by atoms with Gasteiger partial charge in [0.25, 0.3) is 0 Å². The maximum atomic E-state index is 6.28. The molecule has 0 amide bonds. The predicted octanol–water partition coefficient (Wildman–Crippen LogP) is 3.52. The smallest absolute Gasteiger partial charge is 0.144 e. The topological polar surface area (TPSA) is 30.5 Å². The molecule has 0 aromatic heterocycles. The second-order valence-electron chi connectivity index (χ2n) is 4.76. The molecule has 1 N–H and O–H groups in total. The molecule has 1 aromatic rings. The summed E-state index contributed by atoms with van der Waals surface area (Å²) in [5, 5.41) is 3.27. The van der Waals surface area contributed by atoms with Crippen molar-refractivity contribution in [3.05, 3.63) is 22.7 Å². The molecular formula is C13H14BrNO2S. The molecule has 1 saturated heterocycles. The van der Waals surface area contributed by atoms with Crippen LogP contribution in [0.4, 0.5) is 5.69 Å². The van der Waals surface area contributed by atoms with Gasteiger partial charge in [-0.1, -0.05) is 28.1 Å². The first-order valence-corrected chi connectivity index (χ1v) is 7.23. The van der Waals surface area contributed by atoms with Gasteiger partial charge in [0, 0.05) is 23.7 Å². The molecule has 0 radical (unpaired) electrons. The van der Waals surface area contributed by atoms with Gasteiger partial charge in [0.15, 0.2) is 0 Å². The minimum absolute atomic E-state index is 0.200. The minimum Gasteiger partial charge on any atom is -0.484 e. The van der Waals surface area contributed by atoms with Crippen molar-refractivity contribution in [2.45, 2.75) is 24.9 Å². The van der Waals surface area contributed by atoms with Crippen LogP contribution in [0.1, 0.15) is 19.3 Å². The van der Waals surface area contributed by atoms with E-state index in [0.29, 0.717) is 0 Å². The number of benzene rings is 1. The molecule has 1 spiro atoms. The lowest BCUT2D eigenvalue weighted by molar-refractivity contribution is -0.0399. The van der Waals surface area contributed by atoms with Crippen molar-refractivity contribution in [1.82, 2.24) is 0 Å².